The molecule has 1 saturated heterocycles. The van der Waals surface area contributed by atoms with Crippen LogP contribution in [0.4, 0.5) is 5.69 Å². The molecular formula is C21H24N6. The minimum Gasteiger partial charge on any atom is -0.369 e. The number of piperazine rings is 1. The summed E-state index contributed by atoms with van der Waals surface area (Å²) in [5.74, 6) is 0. The summed E-state index contributed by atoms with van der Waals surface area (Å²) in [7, 11) is 4.17. The summed E-state index contributed by atoms with van der Waals surface area (Å²) in [5, 5.41) is 6.55. The van der Waals surface area contributed by atoms with Crippen LogP contribution in [0.15, 0.2) is 36.7 Å². The molecule has 0 unspecified atom stereocenters. The summed E-state index contributed by atoms with van der Waals surface area (Å²) in [5.41, 5.74) is 6.97. The van der Waals surface area contributed by atoms with Gasteiger partial charge in [0.2, 0.25) is 0 Å². The number of pyridine rings is 1. The Kier molecular flexibility index (Phi) is 3.68. The van der Waals surface area contributed by atoms with E-state index in [-0.39, 0.29) is 0 Å². The number of rotatable bonds is 2. The number of benzene rings is 1. The van der Waals surface area contributed by atoms with E-state index in [0.717, 1.165) is 53.8 Å². The number of likely N-dealkylation sites (N-methyl/N-ethyl adjacent to an activating group) is 1. The molecule has 0 atom stereocenters. The number of fused-ring (bicyclic) bond motifs is 3. The number of aryl methyl sites for hydroxylation is 2. The maximum atomic E-state index is 4.57. The van der Waals surface area contributed by atoms with Gasteiger partial charge in [-0.15, -0.1) is 0 Å². The molecule has 0 aliphatic carbocycles. The van der Waals surface area contributed by atoms with Crippen molar-refractivity contribution in [1.82, 2.24) is 24.6 Å². The number of anilines is 1. The maximum Gasteiger partial charge on any atom is 0.139 e. The van der Waals surface area contributed by atoms with E-state index in [1.807, 2.05) is 24.1 Å². The Labute approximate surface area is 158 Å². The first kappa shape index (κ1) is 16.3. The number of nitrogens with zero attached hydrogens (tertiary/aromatic N) is 5. The van der Waals surface area contributed by atoms with Crippen molar-refractivity contribution < 1.29 is 0 Å². The van der Waals surface area contributed by atoms with Gasteiger partial charge in [0, 0.05) is 61.6 Å². The Bertz CT molecular complexity index is 1130. The van der Waals surface area contributed by atoms with E-state index < -0.39 is 0 Å². The van der Waals surface area contributed by atoms with Crippen LogP contribution in [0, 0.1) is 6.92 Å². The molecule has 1 aliphatic rings. The van der Waals surface area contributed by atoms with Crippen LogP contribution in [-0.2, 0) is 7.05 Å². The molecule has 1 aliphatic heterocycles. The average Bonchev–Trinajstić information content (AvgIpc) is 3.26. The van der Waals surface area contributed by atoms with Crippen LogP contribution in [0.3, 0.4) is 0 Å². The summed E-state index contributed by atoms with van der Waals surface area (Å²) < 4.78 is 1.92. The second-order valence-electron chi connectivity index (χ2n) is 7.57. The molecule has 5 rings (SSSR count). The standard InChI is InChI=1S/C21H24N6/c1-14-10-15(4-5-19(14)27-8-6-25(2)7-9-27)18-11-17-20-16(13-23-26(20)3)12-22-21(17)24-18/h4-5,10-13H,6-9H2,1-3H3,(H,22,24). The van der Waals surface area contributed by atoms with Gasteiger partial charge in [0.1, 0.15) is 5.65 Å². The van der Waals surface area contributed by atoms with Gasteiger partial charge in [-0.1, -0.05) is 6.07 Å². The zero-order chi connectivity index (χ0) is 18.5. The number of hydrogen-bond acceptors (Lipinski definition) is 4. The molecule has 0 spiro atoms. The molecule has 0 bridgehead atoms. The fourth-order valence-electron chi connectivity index (χ4n) is 4.12. The van der Waals surface area contributed by atoms with Gasteiger partial charge in [-0.05, 0) is 43.3 Å². The Morgan fingerprint density at radius 3 is 2.59 bits per heavy atom. The zero-order valence-corrected chi connectivity index (χ0v) is 16.0. The van der Waals surface area contributed by atoms with Crippen LogP contribution in [0.1, 0.15) is 5.56 Å². The van der Waals surface area contributed by atoms with Crippen molar-refractivity contribution in [2.45, 2.75) is 6.92 Å². The summed E-state index contributed by atoms with van der Waals surface area (Å²) in [6, 6.07) is 8.94. The van der Waals surface area contributed by atoms with Gasteiger partial charge in [0.05, 0.1) is 11.7 Å². The molecule has 1 aromatic carbocycles. The van der Waals surface area contributed by atoms with E-state index in [9.17, 15) is 0 Å². The third-order valence-corrected chi connectivity index (χ3v) is 5.70. The molecule has 1 N–H and O–H groups in total. The number of H-pyrrole nitrogens is 1. The molecule has 6 nitrogen and oxygen atoms in total. The molecule has 4 heterocycles. The third kappa shape index (κ3) is 2.68. The smallest absolute Gasteiger partial charge is 0.139 e. The van der Waals surface area contributed by atoms with Gasteiger partial charge in [-0.2, -0.15) is 5.10 Å². The topological polar surface area (TPSA) is 53.0 Å². The van der Waals surface area contributed by atoms with Crippen molar-refractivity contribution in [2.75, 3.05) is 38.1 Å². The lowest BCUT2D eigenvalue weighted by molar-refractivity contribution is 0.312. The second-order valence-corrected chi connectivity index (χ2v) is 7.57. The molecule has 0 amide bonds. The van der Waals surface area contributed by atoms with Crippen molar-refractivity contribution in [1.29, 1.82) is 0 Å². The summed E-state index contributed by atoms with van der Waals surface area (Å²) >= 11 is 0. The molecule has 0 radical (unpaired) electrons. The molecule has 27 heavy (non-hydrogen) atoms. The lowest BCUT2D eigenvalue weighted by atomic mass is 10.1. The minimum absolute atomic E-state index is 0.905. The van der Waals surface area contributed by atoms with Crippen molar-refractivity contribution in [2.24, 2.45) is 7.05 Å². The van der Waals surface area contributed by atoms with Crippen molar-refractivity contribution >= 4 is 27.6 Å². The van der Waals surface area contributed by atoms with Gasteiger partial charge >= 0.3 is 0 Å². The van der Waals surface area contributed by atoms with Crippen LogP contribution < -0.4 is 4.90 Å². The molecule has 0 saturated carbocycles. The Morgan fingerprint density at radius 2 is 1.81 bits per heavy atom. The van der Waals surface area contributed by atoms with E-state index >= 15 is 0 Å². The molecule has 1 fully saturated rings. The van der Waals surface area contributed by atoms with Crippen LogP contribution in [-0.4, -0.2) is 57.9 Å². The highest BCUT2D eigenvalue weighted by Gasteiger charge is 2.17. The van der Waals surface area contributed by atoms with Crippen LogP contribution in [0.2, 0.25) is 0 Å². The molecule has 138 valence electrons. The van der Waals surface area contributed by atoms with Gasteiger partial charge in [0.15, 0.2) is 0 Å². The fourth-order valence-corrected chi connectivity index (χ4v) is 4.12. The number of nitrogens with one attached hydrogen (secondary N) is 1. The van der Waals surface area contributed by atoms with Crippen LogP contribution in [0.5, 0.6) is 0 Å². The molecule has 6 heteroatoms. The highest BCUT2D eigenvalue weighted by Crippen LogP contribution is 2.31. The number of aromatic nitrogens is 4. The lowest BCUT2D eigenvalue weighted by Gasteiger charge is -2.35. The number of aromatic amines is 1. The summed E-state index contributed by atoms with van der Waals surface area (Å²) in [4.78, 5) is 12.9. The first-order chi connectivity index (χ1) is 13.1. The lowest BCUT2D eigenvalue weighted by Crippen LogP contribution is -2.44. The first-order valence-electron chi connectivity index (χ1n) is 9.44. The van der Waals surface area contributed by atoms with E-state index in [4.69, 9.17) is 0 Å². The first-order valence-corrected chi connectivity index (χ1v) is 9.44. The molecular weight excluding hydrogens is 336 g/mol. The Balaban J connectivity index is 1.54. The summed E-state index contributed by atoms with van der Waals surface area (Å²) in [6.45, 7) is 6.62. The maximum absolute atomic E-state index is 4.57. The minimum atomic E-state index is 0.905. The SMILES string of the molecule is Cc1cc(-c2cc3c(ncc4cnn(C)c43)[nH]2)ccc1N1CCN(C)CC1. The monoisotopic (exact) mass is 360 g/mol. The van der Waals surface area contributed by atoms with Crippen LogP contribution in [0.25, 0.3) is 33.2 Å². The van der Waals surface area contributed by atoms with Crippen molar-refractivity contribution in [3.63, 3.8) is 0 Å². The molecule has 3 aromatic heterocycles. The quantitative estimate of drug-likeness (QED) is 0.597. The van der Waals surface area contributed by atoms with Gasteiger partial charge in [-0.25, -0.2) is 4.98 Å². The Morgan fingerprint density at radius 1 is 1.00 bits per heavy atom. The van der Waals surface area contributed by atoms with Gasteiger partial charge in [0.25, 0.3) is 0 Å². The highest BCUT2D eigenvalue weighted by atomic mass is 15.3. The Hall–Kier alpha value is -2.86. The van der Waals surface area contributed by atoms with E-state index in [1.165, 1.54) is 16.8 Å². The average molecular weight is 360 g/mol. The van der Waals surface area contributed by atoms with Crippen LogP contribution >= 0.6 is 0 Å². The highest BCUT2D eigenvalue weighted by molar-refractivity contribution is 6.04. The largest absolute Gasteiger partial charge is 0.369 e. The predicted octanol–water partition coefficient (Wildman–Crippen LogP) is 3.18. The third-order valence-electron chi connectivity index (χ3n) is 5.70. The fraction of sp³-hybridized carbons (Fsp3) is 0.333. The van der Waals surface area contributed by atoms with E-state index in [1.54, 1.807) is 0 Å². The van der Waals surface area contributed by atoms with E-state index in [2.05, 4.69) is 63.1 Å². The van der Waals surface area contributed by atoms with Gasteiger partial charge in [-0.3, -0.25) is 4.68 Å². The summed E-state index contributed by atoms with van der Waals surface area (Å²) in [6.07, 6.45) is 3.75. The van der Waals surface area contributed by atoms with Gasteiger partial charge < -0.3 is 14.8 Å². The van der Waals surface area contributed by atoms with Crippen molar-refractivity contribution in [3.8, 4) is 11.3 Å². The second kappa shape index (κ2) is 6.09. The predicted molar refractivity (Wildman–Crippen MR) is 110 cm³/mol. The molecule has 4 aromatic rings. The van der Waals surface area contributed by atoms with Crippen molar-refractivity contribution in [3.05, 3.63) is 42.2 Å². The normalized spacial score (nSPS) is 15.9. The van der Waals surface area contributed by atoms with E-state index in [0.29, 0.717) is 0 Å². The number of hydrogen-bond donors (Lipinski definition) is 1. The zero-order valence-electron chi connectivity index (χ0n) is 16.0.